The standard InChI is InChI=1S/C9H13NOS.C2H6/c1-7-4-5-8(10-12-3)9(6-7)11-2;1-2/h4-6,10H,1-3H3;1-2H3. The zero-order chi connectivity index (χ0) is 11.0. The number of methoxy groups -OCH3 is 1. The van der Waals surface area contributed by atoms with Crippen LogP contribution in [0.2, 0.25) is 0 Å². The van der Waals surface area contributed by atoms with E-state index in [0.717, 1.165) is 11.4 Å². The predicted octanol–water partition coefficient (Wildman–Crippen LogP) is 3.72. The molecule has 0 aliphatic carbocycles. The molecule has 0 aromatic heterocycles. The number of anilines is 1. The molecular weight excluding hydrogens is 194 g/mol. The number of aryl methyl sites for hydroxylation is 1. The highest BCUT2D eigenvalue weighted by Crippen LogP contribution is 2.26. The number of nitrogens with one attached hydrogen (secondary N) is 1. The van der Waals surface area contributed by atoms with E-state index in [2.05, 4.69) is 10.8 Å². The van der Waals surface area contributed by atoms with Gasteiger partial charge in [-0.15, -0.1) is 0 Å². The number of hydrogen-bond acceptors (Lipinski definition) is 3. The normalized spacial score (nSPS) is 8.64. The van der Waals surface area contributed by atoms with Gasteiger partial charge in [-0.25, -0.2) is 0 Å². The van der Waals surface area contributed by atoms with Gasteiger partial charge < -0.3 is 9.46 Å². The Balaban J connectivity index is 0.000000791. The molecule has 0 amide bonds. The van der Waals surface area contributed by atoms with Gasteiger partial charge >= 0.3 is 0 Å². The van der Waals surface area contributed by atoms with Crippen molar-refractivity contribution in [3.63, 3.8) is 0 Å². The van der Waals surface area contributed by atoms with Gasteiger partial charge in [0.05, 0.1) is 12.8 Å². The lowest BCUT2D eigenvalue weighted by Gasteiger charge is -2.08. The van der Waals surface area contributed by atoms with Crippen LogP contribution in [0.5, 0.6) is 5.75 Å². The van der Waals surface area contributed by atoms with Crippen LogP contribution < -0.4 is 9.46 Å². The van der Waals surface area contributed by atoms with E-state index in [1.807, 2.05) is 39.2 Å². The van der Waals surface area contributed by atoms with Gasteiger partial charge in [0.1, 0.15) is 5.75 Å². The van der Waals surface area contributed by atoms with Crippen molar-refractivity contribution in [1.82, 2.24) is 0 Å². The fraction of sp³-hybridized carbons (Fsp3) is 0.455. The van der Waals surface area contributed by atoms with Gasteiger partial charge in [0.2, 0.25) is 0 Å². The summed E-state index contributed by atoms with van der Waals surface area (Å²) >= 11 is 1.56. The third-order valence-corrected chi connectivity index (χ3v) is 1.99. The molecule has 0 saturated carbocycles. The van der Waals surface area contributed by atoms with E-state index >= 15 is 0 Å². The highest BCUT2D eigenvalue weighted by molar-refractivity contribution is 7.99. The zero-order valence-electron chi connectivity index (χ0n) is 9.55. The summed E-state index contributed by atoms with van der Waals surface area (Å²) in [5, 5.41) is 0. The van der Waals surface area contributed by atoms with E-state index in [1.165, 1.54) is 5.56 Å². The molecule has 1 aromatic rings. The summed E-state index contributed by atoms with van der Waals surface area (Å²) in [5.41, 5.74) is 2.23. The number of hydrogen-bond donors (Lipinski definition) is 1. The Morgan fingerprint density at radius 1 is 1.29 bits per heavy atom. The topological polar surface area (TPSA) is 21.3 Å². The Bertz CT molecular complexity index is 263. The van der Waals surface area contributed by atoms with Crippen LogP contribution in [-0.2, 0) is 0 Å². The van der Waals surface area contributed by atoms with Crippen molar-refractivity contribution in [3.8, 4) is 5.75 Å². The summed E-state index contributed by atoms with van der Waals surface area (Å²) < 4.78 is 8.35. The highest BCUT2D eigenvalue weighted by atomic mass is 32.2. The molecule has 1 N–H and O–H groups in total. The molecule has 0 atom stereocenters. The molecule has 2 nitrogen and oxygen atoms in total. The molecule has 0 unspecified atom stereocenters. The molecular formula is C11H19NOS. The quantitative estimate of drug-likeness (QED) is 0.773. The second-order valence-electron chi connectivity index (χ2n) is 2.51. The Morgan fingerprint density at radius 3 is 2.43 bits per heavy atom. The van der Waals surface area contributed by atoms with Crippen LogP contribution in [0.4, 0.5) is 5.69 Å². The van der Waals surface area contributed by atoms with E-state index in [-0.39, 0.29) is 0 Å². The van der Waals surface area contributed by atoms with Crippen LogP contribution in [0, 0.1) is 6.92 Å². The summed E-state index contributed by atoms with van der Waals surface area (Å²) in [4.78, 5) is 0. The summed E-state index contributed by atoms with van der Waals surface area (Å²) in [6, 6.07) is 6.09. The molecule has 0 radical (unpaired) electrons. The molecule has 0 aliphatic rings. The van der Waals surface area contributed by atoms with Crippen LogP contribution in [0.25, 0.3) is 0 Å². The maximum Gasteiger partial charge on any atom is 0.143 e. The maximum absolute atomic E-state index is 5.20. The van der Waals surface area contributed by atoms with E-state index in [0.29, 0.717) is 0 Å². The minimum absolute atomic E-state index is 0.893. The molecule has 3 heteroatoms. The van der Waals surface area contributed by atoms with E-state index in [9.17, 15) is 0 Å². The first-order valence-corrected chi connectivity index (χ1v) is 5.94. The van der Waals surface area contributed by atoms with Gasteiger partial charge in [-0.1, -0.05) is 31.9 Å². The minimum Gasteiger partial charge on any atom is -0.495 e. The van der Waals surface area contributed by atoms with Gasteiger partial charge in [0, 0.05) is 6.26 Å². The van der Waals surface area contributed by atoms with Crippen LogP contribution in [-0.4, -0.2) is 13.4 Å². The van der Waals surface area contributed by atoms with Crippen LogP contribution in [0.1, 0.15) is 19.4 Å². The van der Waals surface area contributed by atoms with Crippen LogP contribution in [0.3, 0.4) is 0 Å². The third-order valence-electron chi connectivity index (χ3n) is 1.57. The summed E-state index contributed by atoms with van der Waals surface area (Å²) in [6.07, 6.45) is 1.99. The van der Waals surface area contributed by atoms with Crippen molar-refractivity contribution in [2.75, 3.05) is 18.1 Å². The van der Waals surface area contributed by atoms with E-state index in [1.54, 1.807) is 19.1 Å². The Morgan fingerprint density at radius 2 is 1.93 bits per heavy atom. The molecule has 0 aliphatic heterocycles. The summed E-state index contributed by atoms with van der Waals surface area (Å²) in [5.74, 6) is 0.893. The van der Waals surface area contributed by atoms with E-state index in [4.69, 9.17) is 4.74 Å². The lowest BCUT2D eigenvalue weighted by atomic mass is 10.2. The average Bonchev–Trinajstić information content (AvgIpc) is 2.24. The maximum atomic E-state index is 5.20. The fourth-order valence-corrected chi connectivity index (χ4v) is 1.38. The second kappa shape index (κ2) is 7.56. The summed E-state index contributed by atoms with van der Waals surface area (Å²) in [6.45, 7) is 6.05. The van der Waals surface area contributed by atoms with Crippen molar-refractivity contribution in [2.45, 2.75) is 20.8 Å². The number of benzene rings is 1. The first kappa shape index (κ1) is 13.2. The van der Waals surface area contributed by atoms with Crippen LogP contribution >= 0.6 is 11.9 Å². The van der Waals surface area contributed by atoms with Crippen molar-refractivity contribution < 1.29 is 4.74 Å². The molecule has 0 saturated heterocycles. The highest BCUT2D eigenvalue weighted by Gasteiger charge is 2.00. The minimum atomic E-state index is 0.893. The lowest BCUT2D eigenvalue weighted by Crippen LogP contribution is -1.91. The Labute approximate surface area is 91.2 Å². The number of rotatable bonds is 3. The van der Waals surface area contributed by atoms with Crippen molar-refractivity contribution in [1.29, 1.82) is 0 Å². The SMILES string of the molecule is CC.COc1cc(C)ccc1NSC. The van der Waals surface area contributed by atoms with Crippen LogP contribution in [0.15, 0.2) is 18.2 Å². The average molecular weight is 213 g/mol. The van der Waals surface area contributed by atoms with Crippen molar-refractivity contribution in [3.05, 3.63) is 23.8 Å². The summed E-state index contributed by atoms with van der Waals surface area (Å²) in [7, 11) is 1.68. The third kappa shape index (κ3) is 3.92. The Hall–Kier alpha value is -0.830. The molecule has 14 heavy (non-hydrogen) atoms. The Kier molecular flexibility index (Phi) is 7.11. The molecule has 80 valence electrons. The first-order valence-electron chi connectivity index (χ1n) is 4.71. The first-order chi connectivity index (χ1) is 6.77. The second-order valence-corrected chi connectivity index (χ2v) is 3.12. The zero-order valence-corrected chi connectivity index (χ0v) is 10.4. The van der Waals surface area contributed by atoms with Gasteiger partial charge in [-0.3, -0.25) is 0 Å². The molecule has 0 bridgehead atoms. The molecule has 0 spiro atoms. The predicted molar refractivity (Wildman–Crippen MR) is 66.2 cm³/mol. The smallest absolute Gasteiger partial charge is 0.143 e. The van der Waals surface area contributed by atoms with Crippen molar-refractivity contribution in [2.24, 2.45) is 0 Å². The van der Waals surface area contributed by atoms with Gasteiger partial charge in [0.25, 0.3) is 0 Å². The van der Waals surface area contributed by atoms with Crippen molar-refractivity contribution >= 4 is 17.6 Å². The van der Waals surface area contributed by atoms with E-state index < -0.39 is 0 Å². The van der Waals surface area contributed by atoms with Gasteiger partial charge in [0.15, 0.2) is 0 Å². The monoisotopic (exact) mass is 213 g/mol. The largest absolute Gasteiger partial charge is 0.495 e. The fourth-order valence-electron chi connectivity index (χ4n) is 0.993. The number of ether oxygens (including phenoxy) is 1. The lowest BCUT2D eigenvalue weighted by molar-refractivity contribution is 0.416. The van der Waals surface area contributed by atoms with Gasteiger partial charge in [-0.2, -0.15) is 0 Å². The molecule has 1 rings (SSSR count). The van der Waals surface area contributed by atoms with Gasteiger partial charge in [-0.05, 0) is 24.6 Å². The molecule has 0 heterocycles. The molecule has 1 aromatic carbocycles. The molecule has 0 fully saturated rings.